The van der Waals surface area contributed by atoms with E-state index in [1.807, 2.05) is 54.6 Å². The van der Waals surface area contributed by atoms with Gasteiger partial charge >= 0.3 is 0 Å². The largest absolute Gasteiger partial charge is 0.493 e. The summed E-state index contributed by atoms with van der Waals surface area (Å²) >= 11 is 0. The van der Waals surface area contributed by atoms with E-state index in [1.54, 1.807) is 4.90 Å². The molecular weight excluding hydrogens is 474 g/mol. The molecule has 0 aliphatic carbocycles. The predicted octanol–water partition coefficient (Wildman–Crippen LogP) is 4.09. The van der Waals surface area contributed by atoms with Crippen molar-refractivity contribution in [2.75, 3.05) is 38.2 Å². The van der Waals surface area contributed by atoms with Gasteiger partial charge in [-0.3, -0.25) is 14.9 Å². The van der Waals surface area contributed by atoms with Crippen molar-refractivity contribution in [1.82, 2.24) is 14.9 Å². The Morgan fingerprint density at radius 1 is 0.973 bits per heavy atom. The first-order valence-corrected chi connectivity index (χ1v) is 11.8. The number of benzene rings is 3. The van der Waals surface area contributed by atoms with Crippen LogP contribution in [0.25, 0.3) is 10.9 Å². The molecule has 188 valence electrons. The Labute approximate surface area is 213 Å². The molecule has 37 heavy (non-hydrogen) atoms. The second kappa shape index (κ2) is 10.5. The van der Waals surface area contributed by atoms with Crippen LogP contribution in [0.1, 0.15) is 15.9 Å². The minimum absolute atomic E-state index is 0.0325. The topological polar surface area (TPSA) is 111 Å². The highest BCUT2D eigenvalue weighted by Crippen LogP contribution is 2.36. The molecule has 0 radical (unpaired) electrons. The SMILES string of the molecule is COc1cc(C(=O)N2CCN(c3ncnc4ccccc34)CC2)c([N+](=O)[O-])cc1OCc1ccccc1. The van der Waals surface area contributed by atoms with Crippen LogP contribution in [0.4, 0.5) is 11.5 Å². The van der Waals surface area contributed by atoms with Crippen LogP contribution in [0, 0.1) is 10.1 Å². The zero-order valence-electron chi connectivity index (χ0n) is 20.2. The standard InChI is InChI=1S/C27H25N5O5/c1-36-24-15-21(23(32(34)35)16-25(24)37-17-19-7-3-2-4-8-19)27(33)31-13-11-30(12-14-31)26-20-9-5-6-10-22(20)28-18-29-26/h2-10,15-16,18H,11-14,17H2,1H3. The van der Waals surface area contributed by atoms with Crippen LogP contribution in [-0.2, 0) is 6.61 Å². The smallest absolute Gasteiger partial charge is 0.286 e. The van der Waals surface area contributed by atoms with Gasteiger partial charge in [-0.2, -0.15) is 0 Å². The first-order valence-electron chi connectivity index (χ1n) is 11.8. The fraction of sp³-hybridized carbons (Fsp3) is 0.222. The normalized spacial score (nSPS) is 13.4. The molecule has 4 aromatic rings. The number of nitro benzene ring substituents is 1. The van der Waals surface area contributed by atoms with E-state index in [4.69, 9.17) is 9.47 Å². The van der Waals surface area contributed by atoms with Gasteiger partial charge in [-0.25, -0.2) is 9.97 Å². The summed E-state index contributed by atoms with van der Waals surface area (Å²) in [5.41, 5.74) is 1.40. The first kappa shape index (κ1) is 24.0. The molecule has 3 aromatic carbocycles. The highest BCUT2D eigenvalue weighted by atomic mass is 16.6. The molecule has 0 atom stereocenters. The number of anilines is 1. The molecule has 1 aromatic heterocycles. The van der Waals surface area contributed by atoms with Crippen LogP contribution < -0.4 is 14.4 Å². The number of aromatic nitrogens is 2. The number of nitrogens with zero attached hydrogens (tertiary/aromatic N) is 5. The zero-order chi connectivity index (χ0) is 25.8. The lowest BCUT2D eigenvalue weighted by molar-refractivity contribution is -0.385. The number of carbonyl (C=O) groups is 1. The van der Waals surface area contributed by atoms with Crippen LogP contribution in [0.5, 0.6) is 11.5 Å². The van der Waals surface area contributed by atoms with Crippen LogP contribution in [0.15, 0.2) is 73.1 Å². The number of amides is 1. The summed E-state index contributed by atoms with van der Waals surface area (Å²) < 4.78 is 11.2. The minimum Gasteiger partial charge on any atom is -0.493 e. The minimum atomic E-state index is -0.564. The summed E-state index contributed by atoms with van der Waals surface area (Å²) in [6.07, 6.45) is 1.53. The van der Waals surface area contributed by atoms with Crippen molar-refractivity contribution >= 4 is 28.3 Å². The predicted molar refractivity (Wildman–Crippen MR) is 138 cm³/mol. The molecule has 2 heterocycles. The third-order valence-corrected chi connectivity index (χ3v) is 6.33. The number of rotatable bonds is 7. The quantitative estimate of drug-likeness (QED) is 0.276. The van der Waals surface area contributed by atoms with Crippen LogP contribution >= 0.6 is 0 Å². The summed E-state index contributed by atoms with van der Waals surface area (Å²) in [6, 6.07) is 19.9. The number of nitro groups is 1. The molecule has 1 saturated heterocycles. The third-order valence-electron chi connectivity index (χ3n) is 6.33. The van der Waals surface area contributed by atoms with E-state index in [2.05, 4.69) is 14.9 Å². The molecule has 1 aliphatic heterocycles. The summed E-state index contributed by atoms with van der Waals surface area (Å²) in [6.45, 7) is 2.07. The van der Waals surface area contributed by atoms with E-state index in [9.17, 15) is 14.9 Å². The van der Waals surface area contributed by atoms with Crippen LogP contribution in [-0.4, -0.2) is 59.0 Å². The lowest BCUT2D eigenvalue weighted by Gasteiger charge is -2.35. The van der Waals surface area contributed by atoms with Gasteiger partial charge in [-0.05, 0) is 17.7 Å². The molecule has 5 rings (SSSR count). The number of hydrogen-bond acceptors (Lipinski definition) is 8. The second-order valence-electron chi connectivity index (χ2n) is 8.55. The van der Waals surface area contributed by atoms with Crippen molar-refractivity contribution < 1.29 is 19.2 Å². The van der Waals surface area contributed by atoms with E-state index >= 15 is 0 Å². The van der Waals surface area contributed by atoms with Crippen molar-refractivity contribution in [2.45, 2.75) is 6.61 Å². The average Bonchev–Trinajstić information content (AvgIpc) is 2.95. The Kier molecular flexibility index (Phi) is 6.80. The van der Waals surface area contributed by atoms with Gasteiger partial charge in [0.15, 0.2) is 11.5 Å². The third kappa shape index (κ3) is 4.99. The lowest BCUT2D eigenvalue weighted by atomic mass is 10.1. The van der Waals surface area contributed by atoms with E-state index in [-0.39, 0.29) is 29.4 Å². The molecule has 0 saturated carbocycles. The zero-order valence-corrected chi connectivity index (χ0v) is 20.2. The summed E-state index contributed by atoms with van der Waals surface area (Å²) in [5.74, 6) is 0.850. The molecule has 0 bridgehead atoms. The molecule has 0 N–H and O–H groups in total. The molecule has 10 heteroatoms. The van der Waals surface area contributed by atoms with Gasteiger partial charge in [0.1, 0.15) is 24.3 Å². The molecule has 0 unspecified atom stereocenters. The highest BCUT2D eigenvalue weighted by molar-refractivity contribution is 5.99. The number of para-hydroxylation sites is 1. The summed E-state index contributed by atoms with van der Waals surface area (Å²) in [5, 5.41) is 12.9. The van der Waals surface area contributed by atoms with Crippen molar-refractivity contribution in [3.63, 3.8) is 0 Å². The number of carbonyl (C=O) groups excluding carboxylic acids is 1. The number of fused-ring (bicyclic) bond motifs is 1. The summed E-state index contributed by atoms with van der Waals surface area (Å²) in [4.78, 5) is 37.3. The van der Waals surface area contributed by atoms with Crippen LogP contribution in [0.3, 0.4) is 0 Å². The van der Waals surface area contributed by atoms with Crippen molar-refractivity contribution in [1.29, 1.82) is 0 Å². The van der Waals surface area contributed by atoms with E-state index < -0.39 is 10.8 Å². The van der Waals surface area contributed by atoms with Gasteiger partial charge in [-0.1, -0.05) is 42.5 Å². The lowest BCUT2D eigenvalue weighted by Crippen LogP contribution is -2.49. The number of methoxy groups -OCH3 is 1. The van der Waals surface area contributed by atoms with Gasteiger partial charge in [0.05, 0.1) is 23.6 Å². The maximum absolute atomic E-state index is 13.4. The molecular formula is C27H25N5O5. The summed E-state index contributed by atoms with van der Waals surface area (Å²) in [7, 11) is 1.44. The van der Waals surface area contributed by atoms with Gasteiger partial charge in [0.25, 0.3) is 11.6 Å². The Morgan fingerprint density at radius 2 is 1.70 bits per heavy atom. The molecule has 10 nitrogen and oxygen atoms in total. The second-order valence-corrected chi connectivity index (χ2v) is 8.55. The van der Waals surface area contributed by atoms with Gasteiger partial charge in [-0.15, -0.1) is 0 Å². The van der Waals surface area contributed by atoms with Gasteiger partial charge in [0, 0.05) is 37.6 Å². The maximum atomic E-state index is 13.4. The Hall–Kier alpha value is -4.73. The fourth-order valence-corrected chi connectivity index (χ4v) is 4.41. The Balaban J connectivity index is 1.34. The van der Waals surface area contributed by atoms with Gasteiger partial charge < -0.3 is 19.3 Å². The Bertz CT molecular complexity index is 1430. The first-order chi connectivity index (χ1) is 18.0. The monoisotopic (exact) mass is 499 g/mol. The Morgan fingerprint density at radius 3 is 2.43 bits per heavy atom. The number of piperazine rings is 1. The van der Waals surface area contributed by atoms with Crippen molar-refractivity contribution in [2.24, 2.45) is 0 Å². The molecule has 1 amide bonds. The van der Waals surface area contributed by atoms with Crippen molar-refractivity contribution in [3.8, 4) is 11.5 Å². The molecule has 0 spiro atoms. The van der Waals surface area contributed by atoms with E-state index in [1.165, 1.54) is 25.6 Å². The van der Waals surface area contributed by atoms with E-state index in [0.29, 0.717) is 26.2 Å². The molecule has 1 aliphatic rings. The molecule has 1 fully saturated rings. The maximum Gasteiger partial charge on any atom is 0.286 e. The van der Waals surface area contributed by atoms with Crippen LogP contribution in [0.2, 0.25) is 0 Å². The highest BCUT2D eigenvalue weighted by Gasteiger charge is 2.30. The fourth-order valence-electron chi connectivity index (χ4n) is 4.41. The van der Waals surface area contributed by atoms with Gasteiger partial charge in [0.2, 0.25) is 0 Å². The number of hydrogen-bond donors (Lipinski definition) is 0. The number of ether oxygens (including phenoxy) is 2. The van der Waals surface area contributed by atoms with Crippen molar-refractivity contribution in [3.05, 3.63) is 94.3 Å². The van der Waals surface area contributed by atoms with E-state index in [0.717, 1.165) is 22.3 Å². The average molecular weight is 500 g/mol.